The number of benzene rings is 1. The molecule has 2 saturated heterocycles. The van der Waals surface area contributed by atoms with Crippen molar-refractivity contribution in [1.82, 2.24) is 20.1 Å². The lowest BCUT2D eigenvalue weighted by Gasteiger charge is -2.36. The van der Waals surface area contributed by atoms with Crippen LogP contribution in [0.5, 0.6) is 0 Å². The van der Waals surface area contributed by atoms with Gasteiger partial charge in [-0.1, -0.05) is 25.1 Å². The summed E-state index contributed by atoms with van der Waals surface area (Å²) in [6.45, 7) is 4.61. The van der Waals surface area contributed by atoms with E-state index in [0.717, 1.165) is 37.3 Å². The summed E-state index contributed by atoms with van der Waals surface area (Å²) in [4.78, 5) is 21.8. The Bertz CT molecular complexity index is 747. The molecule has 26 heavy (non-hydrogen) atoms. The first-order chi connectivity index (χ1) is 12.8. The van der Waals surface area contributed by atoms with Gasteiger partial charge in [-0.2, -0.15) is 5.10 Å². The molecule has 2 aromatic rings. The Morgan fingerprint density at radius 1 is 1.31 bits per heavy atom. The number of aromatic nitrogens is 3. The molecule has 2 fully saturated rings. The number of nitrogens with zero attached hydrogens (tertiary/aromatic N) is 4. The molecule has 2 aliphatic rings. The van der Waals surface area contributed by atoms with Gasteiger partial charge < -0.3 is 14.5 Å². The summed E-state index contributed by atoms with van der Waals surface area (Å²) >= 11 is 0. The third-order valence-electron chi connectivity index (χ3n) is 5.18. The quantitative estimate of drug-likeness (QED) is 0.907. The Kier molecular flexibility index (Phi) is 4.88. The van der Waals surface area contributed by atoms with E-state index < -0.39 is 0 Å². The largest absolute Gasteiger partial charge is 0.366 e. The van der Waals surface area contributed by atoms with E-state index in [4.69, 9.17) is 4.74 Å². The Morgan fingerprint density at radius 2 is 2.15 bits per heavy atom. The van der Waals surface area contributed by atoms with Crippen LogP contribution in [0.1, 0.15) is 37.5 Å². The number of morpholine rings is 1. The van der Waals surface area contributed by atoms with Crippen LogP contribution in [-0.4, -0.2) is 58.3 Å². The molecule has 0 aliphatic carbocycles. The minimum Gasteiger partial charge on any atom is -0.366 e. The summed E-state index contributed by atoms with van der Waals surface area (Å²) in [5.41, 5.74) is 1.12. The van der Waals surface area contributed by atoms with Crippen molar-refractivity contribution in [1.29, 1.82) is 0 Å². The second kappa shape index (κ2) is 7.45. The van der Waals surface area contributed by atoms with E-state index >= 15 is 0 Å². The lowest BCUT2D eigenvalue weighted by atomic mass is 10.1. The van der Waals surface area contributed by atoms with E-state index in [9.17, 15) is 4.79 Å². The zero-order valence-corrected chi connectivity index (χ0v) is 15.1. The van der Waals surface area contributed by atoms with E-state index in [2.05, 4.69) is 32.2 Å². The van der Waals surface area contributed by atoms with Crippen molar-refractivity contribution in [3.05, 3.63) is 42.0 Å². The molecule has 7 nitrogen and oxygen atoms in total. The van der Waals surface area contributed by atoms with Gasteiger partial charge in [0.1, 0.15) is 18.0 Å². The highest BCUT2D eigenvalue weighted by Crippen LogP contribution is 2.28. The molecule has 0 radical (unpaired) electrons. The average Bonchev–Trinajstić information content (AvgIpc) is 3.38. The molecule has 4 rings (SSSR count). The third kappa shape index (κ3) is 3.31. The zero-order valence-electron chi connectivity index (χ0n) is 15.1. The summed E-state index contributed by atoms with van der Waals surface area (Å²) in [6.07, 6.45) is 2.49. The van der Waals surface area contributed by atoms with Crippen molar-refractivity contribution in [3.8, 4) is 0 Å². The smallest absolute Gasteiger partial charge is 0.245 e. The van der Waals surface area contributed by atoms with Crippen LogP contribution in [0, 0.1) is 0 Å². The predicted octanol–water partition coefficient (Wildman–Crippen LogP) is 1.94. The molecule has 3 heterocycles. The molecular formula is C19H25N5O2. The Balaban J connectivity index is 1.47. The predicted molar refractivity (Wildman–Crippen MR) is 97.8 cm³/mol. The maximum atomic E-state index is 13.2. The molecule has 7 heteroatoms. The number of para-hydroxylation sites is 1. The van der Waals surface area contributed by atoms with E-state index in [0.29, 0.717) is 25.5 Å². The van der Waals surface area contributed by atoms with Gasteiger partial charge in [-0.3, -0.25) is 9.89 Å². The van der Waals surface area contributed by atoms with Gasteiger partial charge in [0.2, 0.25) is 5.91 Å². The first-order valence-corrected chi connectivity index (χ1v) is 9.39. The van der Waals surface area contributed by atoms with Gasteiger partial charge in [-0.05, 0) is 25.0 Å². The van der Waals surface area contributed by atoms with Gasteiger partial charge in [0.15, 0.2) is 5.82 Å². The first kappa shape index (κ1) is 17.0. The number of aromatic amines is 1. The number of rotatable bonds is 4. The fourth-order valence-electron chi connectivity index (χ4n) is 3.78. The zero-order chi connectivity index (χ0) is 17.9. The van der Waals surface area contributed by atoms with Gasteiger partial charge >= 0.3 is 0 Å². The molecule has 0 spiro atoms. The lowest BCUT2D eigenvalue weighted by Crippen LogP contribution is -2.50. The van der Waals surface area contributed by atoms with E-state index in [-0.39, 0.29) is 18.1 Å². The van der Waals surface area contributed by atoms with E-state index in [1.54, 1.807) is 0 Å². The Morgan fingerprint density at radius 3 is 2.92 bits per heavy atom. The van der Waals surface area contributed by atoms with Crippen LogP contribution in [0.4, 0.5) is 5.69 Å². The monoisotopic (exact) mass is 355 g/mol. The summed E-state index contributed by atoms with van der Waals surface area (Å²) < 4.78 is 5.82. The van der Waals surface area contributed by atoms with Crippen molar-refractivity contribution >= 4 is 11.6 Å². The van der Waals surface area contributed by atoms with E-state index in [1.165, 1.54) is 0 Å². The molecule has 0 bridgehead atoms. The standard InChI is InChI=1S/C19H25N5O2/c1-2-17-20-18(22-21-17)16-13-23(11-12-26-16)19(25)15-9-6-10-24(15)14-7-4-3-5-8-14/h3-5,7-8,15-16H,2,6,9-13H2,1H3,(H,20,21,22). The van der Waals surface area contributed by atoms with Crippen LogP contribution in [-0.2, 0) is 16.0 Å². The number of nitrogens with one attached hydrogen (secondary N) is 1. The molecule has 1 N–H and O–H groups in total. The number of carbonyl (C=O) groups excluding carboxylic acids is 1. The molecule has 1 aromatic carbocycles. The minimum absolute atomic E-state index is 0.0884. The second-order valence-corrected chi connectivity index (χ2v) is 6.82. The van der Waals surface area contributed by atoms with Crippen LogP contribution < -0.4 is 4.90 Å². The number of carbonyl (C=O) groups is 1. The molecule has 1 amide bonds. The maximum absolute atomic E-state index is 13.2. The number of ether oxygens (including phenoxy) is 1. The number of hydrogen-bond donors (Lipinski definition) is 1. The highest BCUT2D eigenvalue weighted by molar-refractivity contribution is 5.86. The molecule has 2 aliphatic heterocycles. The van der Waals surface area contributed by atoms with Gasteiger partial charge in [-0.25, -0.2) is 4.98 Å². The van der Waals surface area contributed by atoms with Crippen LogP contribution in [0.3, 0.4) is 0 Å². The third-order valence-corrected chi connectivity index (χ3v) is 5.18. The molecule has 2 unspecified atom stereocenters. The van der Waals surface area contributed by atoms with E-state index in [1.807, 2.05) is 30.0 Å². The summed E-state index contributed by atoms with van der Waals surface area (Å²) in [5, 5.41) is 7.18. The van der Waals surface area contributed by atoms with Crippen LogP contribution in [0.25, 0.3) is 0 Å². The van der Waals surface area contributed by atoms with Crippen molar-refractivity contribution in [2.75, 3.05) is 31.1 Å². The lowest BCUT2D eigenvalue weighted by molar-refractivity contribution is -0.140. The topological polar surface area (TPSA) is 74.3 Å². The fraction of sp³-hybridized carbons (Fsp3) is 0.526. The normalized spacial score (nSPS) is 23.4. The molecule has 138 valence electrons. The second-order valence-electron chi connectivity index (χ2n) is 6.82. The number of aryl methyl sites for hydroxylation is 1. The summed E-state index contributed by atoms with van der Waals surface area (Å²) in [6, 6.07) is 10.1. The molecule has 2 atom stereocenters. The van der Waals surface area contributed by atoms with Crippen molar-refractivity contribution in [2.45, 2.75) is 38.3 Å². The van der Waals surface area contributed by atoms with Crippen molar-refractivity contribution < 1.29 is 9.53 Å². The summed E-state index contributed by atoms with van der Waals surface area (Å²) in [5.74, 6) is 1.68. The minimum atomic E-state index is -0.254. The van der Waals surface area contributed by atoms with Gasteiger partial charge in [0.25, 0.3) is 0 Å². The number of H-pyrrole nitrogens is 1. The SMILES string of the molecule is CCc1nc(C2CN(C(=O)C3CCCN3c3ccccc3)CCO2)n[nH]1. The Hall–Kier alpha value is -2.41. The Labute approximate surface area is 153 Å². The van der Waals surface area contributed by atoms with Crippen LogP contribution in [0.2, 0.25) is 0 Å². The van der Waals surface area contributed by atoms with Gasteiger partial charge in [0.05, 0.1) is 13.2 Å². The van der Waals surface area contributed by atoms with Crippen LogP contribution in [0.15, 0.2) is 30.3 Å². The fourth-order valence-corrected chi connectivity index (χ4v) is 3.78. The first-order valence-electron chi connectivity index (χ1n) is 9.39. The molecule has 0 saturated carbocycles. The van der Waals surface area contributed by atoms with Crippen LogP contribution >= 0.6 is 0 Å². The highest BCUT2D eigenvalue weighted by Gasteiger charge is 2.36. The number of hydrogen-bond acceptors (Lipinski definition) is 5. The molecule has 1 aromatic heterocycles. The maximum Gasteiger partial charge on any atom is 0.245 e. The number of anilines is 1. The highest BCUT2D eigenvalue weighted by atomic mass is 16.5. The summed E-state index contributed by atoms with van der Waals surface area (Å²) in [7, 11) is 0. The average molecular weight is 355 g/mol. The van der Waals surface area contributed by atoms with Crippen molar-refractivity contribution in [2.24, 2.45) is 0 Å². The van der Waals surface area contributed by atoms with Gasteiger partial charge in [-0.15, -0.1) is 0 Å². The van der Waals surface area contributed by atoms with Crippen molar-refractivity contribution in [3.63, 3.8) is 0 Å². The molecular weight excluding hydrogens is 330 g/mol. The number of amides is 1. The van der Waals surface area contributed by atoms with Gasteiger partial charge in [0, 0.05) is 25.2 Å².